The van der Waals surface area contributed by atoms with E-state index in [4.69, 9.17) is 14.2 Å². The maximum absolute atomic E-state index is 13.1. The number of nitrogens with zero attached hydrogens (tertiary/aromatic N) is 1. The SMILES string of the molecule is CCC(Sc1cccc(NC(=O)c2cccc(OC)c2)c1)C(=O)Nc1nc(-c2ccc(OC)c(OC)c2)cs1. The van der Waals surface area contributed by atoms with E-state index < -0.39 is 0 Å². The molecule has 2 N–H and O–H groups in total. The normalized spacial score (nSPS) is 11.4. The topological polar surface area (TPSA) is 98.8 Å². The van der Waals surface area contributed by atoms with Crippen molar-refractivity contribution in [3.63, 3.8) is 0 Å². The van der Waals surface area contributed by atoms with Crippen LogP contribution in [0.3, 0.4) is 0 Å². The Hall–Kier alpha value is -4.02. The van der Waals surface area contributed by atoms with E-state index in [1.165, 1.54) is 23.1 Å². The number of thioether (sulfide) groups is 1. The van der Waals surface area contributed by atoms with Gasteiger partial charge in [-0.3, -0.25) is 9.59 Å². The van der Waals surface area contributed by atoms with Crippen molar-refractivity contribution in [3.05, 3.63) is 77.7 Å². The number of ether oxygens (including phenoxy) is 3. The third-order valence-corrected chi connectivity index (χ3v) is 7.89. The first-order valence-corrected chi connectivity index (χ1v) is 13.9. The van der Waals surface area contributed by atoms with E-state index in [0.29, 0.717) is 40.1 Å². The number of hydrogen-bond acceptors (Lipinski definition) is 8. The fourth-order valence-corrected chi connectivity index (χ4v) is 5.48. The molecule has 0 saturated carbocycles. The van der Waals surface area contributed by atoms with Gasteiger partial charge in [0.25, 0.3) is 5.91 Å². The van der Waals surface area contributed by atoms with E-state index in [-0.39, 0.29) is 17.1 Å². The minimum Gasteiger partial charge on any atom is -0.497 e. The first kappa shape index (κ1) is 28.0. The molecule has 1 heterocycles. The molecule has 1 aromatic heterocycles. The molecule has 0 aliphatic carbocycles. The minimum absolute atomic E-state index is 0.137. The van der Waals surface area contributed by atoms with Crippen LogP contribution >= 0.6 is 23.1 Å². The molecule has 0 spiro atoms. The second kappa shape index (κ2) is 13.2. The molecule has 2 amide bonds. The summed E-state index contributed by atoms with van der Waals surface area (Å²) in [7, 11) is 4.73. The maximum atomic E-state index is 13.1. The van der Waals surface area contributed by atoms with Gasteiger partial charge in [0.2, 0.25) is 5.91 Å². The average Bonchev–Trinajstić information content (AvgIpc) is 3.44. The number of methoxy groups -OCH3 is 3. The largest absolute Gasteiger partial charge is 0.497 e. The molecule has 10 heteroatoms. The number of carbonyl (C=O) groups excluding carboxylic acids is 2. The van der Waals surface area contributed by atoms with Gasteiger partial charge >= 0.3 is 0 Å². The van der Waals surface area contributed by atoms with Crippen molar-refractivity contribution in [3.8, 4) is 28.5 Å². The minimum atomic E-state index is -0.345. The molecule has 8 nitrogen and oxygen atoms in total. The van der Waals surface area contributed by atoms with Crippen LogP contribution < -0.4 is 24.8 Å². The third-order valence-electron chi connectivity index (χ3n) is 5.78. The van der Waals surface area contributed by atoms with Crippen molar-refractivity contribution in [2.45, 2.75) is 23.5 Å². The smallest absolute Gasteiger partial charge is 0.255 e. The van der Waals surface area contributed by atoms with Crippen LogP contribution in [0.15, 0.2) is 77.0 Å². The van der Waals surface area contributed by atoms with Crippen LogP contribution in [0, 0.1) is 0 Å². The van der Waals surface area contributed by atoms with Gasteiger partial charge in [-0.1, -0.05) is 19.1 Å². The highest BCUT2D eigenvalue weighted by Crippen LogP contribution is 2.34. The van der Waals surface area contributed by atoms with E-state index in [0.717, 1.165) is 16.2 Å². The number of carbonyl (C=O) groups is 2. The van der Waals surface area contributed by atoms with E-state index in [2.05, 4.69) is 15.6 Å². The summed E-state index contributed by atoms with van der Waals surface area (Å²) in [6.45, 7) is 1.96. The predicted octanol–water partition coefficient (Wildman–Crippen LogP) is 6.60. The van der Waals surface area contributed by atoms with Crippen molar-refractivity contribution in [1.82, 2.24) is 4.98 Å². The lowest BCUT2D eigenvalue weighted by molar-refractivity contribution is -0.115. The van der Waals surface area contributed by atoms with Gasteiger partial charge < -0.3 is 24.8 Å². The summed E-state index contributed by atoms with van der Waals surface area (Å²) < 4.78 is 15.9. The van der Waals surface area contributed by atoms with Crippen molar-refractivity contribution in [2.24, 2.45) is 0 Å². The zero-order valence-electron chi connectivity index (χ0n) is 22.0. The molecule has 3 aromatic carbocycles. The first-order valence-electron chi connectivity index (χ1n) is 12.1. The lowest BCUT2D eigenvalue weighted by Gasteiger charge is -2.14. The van der Waals surface area contributed by atoms with Gasteiger partial charge in [0.1, 0.15) is 5.75 Å². The van der Waals surface area contributed by atoms with Crippen molar-refractivity contribution in [2.75, 3.05) is 32.0 Å². The Kier molecular flexibility index (Phi) is 9.45. The van der Waals surface area contributed by atoms with E-state index in [1.54, 1.807) is 45.6 Å². The lowest BCUT2D eigenvalue weighted by Crippen LogP contribution is -2.24. The average molecular weight is 564 g/mol. The molecule has 0 saturated heterocycles. The highest BCUT2D eigenvalue weighted by Gasteiger charge is 2.20. The Labute approximate surface area is 235 Å². The quantitative estimate of drug-likeness (QED) is 0.198. The fourth-order valence-electron chi connectivity index (χ4n) is 3.75. The third kappa shape index (κ3) is 7.10. The van der Waals surface area contributed by atoms with Crippen LogP contribution in [-0.2, 0) is 4.79 Å². The molecule has 202 valence electrons. The Morgan fingerprint density at radius 2 is 1.72 bits per heavy atom. The van der Waals surface area contributed by atoms with Crippen molar-refractivity contribution in [1.29, 1.82) is 0 Å². The van der Waals surface area contributed by atoms with E-state index >= 15 is 0 Å². The summed E-state index contributed by atoms with van der Waals surface area (Å²) in [5, 5.41) is 7.91. The predicted molar refractivity (Wildman–Crippen MR) is 157 cm³/mol. The molecule has 0 bridgehead atoms. The van der Waals surface area contributed by atoms with E-state index in [9.17, 15) is 9.59 Å². The number of anilines is 2. The van der Waals surface area contributed by atoms with Gasteiger partial charge in [0.05, 0.1) is 32.3 Å². The molecular weight excluding hydrogens is 534 g/mol. The first-order chi connectivity index (χ1) is 18.9. The number of nitrogens with one attached hydrogen (secondary N) is 2. The lowest BCUT2D eigenvalue weighted by atomic mass is 10.1. The summed E-state index contributed by atoms with van der Waals surface area (Å²) >= 11 is 2.79. The molecule has 0 fully saturated rings. The van der Waals surface area contributed by atoms with Gasteiger partial charge in [-0.05, 0) is 61.0 Å². The second-order valence-corrected chi connectivity index (χ2v) is 10.5. The molecule has 4 rings (SSSR count). The molecule has 39 heavy (non-hydrogen) atoms. The Morgan fingerprint density at radius 1 is 0.923 bits per heavy atom. The van der Waals surface area contributed by atoms with Gasteiger partial charge in [0, 0.05) is 27.1 Å². The summed E-state index contributed by atoms with van der Waals surface area (Å²) in [5.74, 6) is 1.48. The maximum Gasteiger partial charge on any atom is 0.255 e. The van der Waals surface area contributed by atoms with Crippen molar-refractivity contribution < 1.29 is 23.8 Å². The Bertz CT molecular complexity index is 1460. The summed E-state index contributed by atoms with van der Waals surface area (Å²) in [6, 6.07) is 20.0. The monoisotopic (exact) mass is 563 g/mol. The van der Waals surface area contributed by atoms with E-state index in [1.807, 2.05) is 54.8 Å². The van der Waals surface area contributed by atoms with Crippen LogP contribution in [-0.4, -0.2) is 43.4 Å². The Balaban J connectivity index is 1.40. The van der Waals surface area contributed by atoms with Crippen LogP contribution in [0.5, 0.6) is 17.2 Å². The zero-order chi connectivity index (χ0) is 27.8. The van der Waals surface area contributed by atoms with Crippen molar-refractivity contribution >= 4 is 45.7 Å². The fraction of sp³-hybridized carbons (Fsp3) is 0.207. The molecule has 1 unspecified atom stereocenters. The Morgan fingerprint density at radius 3 is 2.46 bits per heavy atom. The molecule has 1 atom stereocenters. The second-order valence-electron chi connectivity index (χ2n) is 8.33. The number of aromatic nitrogens is 1. The van der Waals surface area contributed by atoms with Crippen LogP contribution in [0.2, 0.25) is 0 Å². The summed E-state index contributed by atoms with van der Waals surface area (Å²) in [6.07, 6.45) is 0.616. The number of amides is 2. The highest BCUT2D eigenvalue weighted by atomic mass is 32.2. The highest BCUT2D eigenvalue weighted by molar-refractivity contribution is 8.00. The zero-order valence-corrected chi connectivity index (χ0v) is 23.7. The van der Waals surface area contributed by atoms with Gasteiger partial charge in [0.15, 0.2) is 16.6 Å². The number of rotatable bonds is 11. The number of thiazole rings is 1. The van der Waals surface area contributed by atoms with Gasteiger partial charge in [-0.15, -0.1) is 23.1 Å². The van der Waals surface area contributed by atoms with Crippen LogP contribution in [0.1, 0.15) is 23.7 Å². The van der Waals surface area contributed by atoms with Crippen LogP contribution in [0.25, 0.3) is 11.3 Å². The molecule has 0 aliphatic heterocycles. The van der Waals surface area contributed by atoms with Gasteiger partial charge in [-0.25, -0.2) is 4.98 Å². The van der Waals surface area contributed by atoms with Crippen LogP contribution in [0.4, 0.5) is 10.8 Å². The standard InChI is InChI=1S/C29H29N3O5S2/c1-5-26(28(34)32-29-31-23(17-38-29)18-12-13-24(36-3)25(15-18)37-4)39-22-11-7-9-20(16-22)30-27(33)19-8-6-10-21(14-19)35-2/h6-17,26H,5H2,1-4H3,(H,30,33)(H,31,32,34). The summed E-state index contributed by atoms with van der Waals surface area (Å²) in [4.78, 5) is 31.3. The molecular formula is C29H29N3O5S2. The number of hydrogen-bond donors (Lipinski definition) is 2. The van der Waals surface area contributed by atoms with Gasteiger partial charge in [-0.2, -0.15) is 0 Å². The number of benzene rings is 3. The molecule has 0 radical (unpaired) electrons. The summed E-state index contributed by atoms with van der Waals surface area (Å²) in [5.41, 5.74) is 2.73. The molecule has 4 aromatic rings. The molecule has 0 aliphatic rings.